The Morgan fingerprint density at radius 3 is 2.52 bits per heavy atom. The van der Waals surface area contributed by atoms with E-state index in [0.29, 0.717) is 17.7 Å². The van der Waals surface area contributed by atoms with E-state index in [4.69, 9.17) is 4.42 Å². The average Bonchev–Trinajstić information content (AvgIpc) is 3.18. The topological polar surface area (TPSA) is 68.3 Å². The highest BCUT2D eigenvalue weighted by Crippen LogP contribution is 2.30. The molecular weight excluding hydrogens is 390 g/mol. The Kier molecular flexibility index (Phi) is 6.70. The van der Waals surface area contributed by atoms with Gasteiger partial charge < -0.3 is 13.9 Å². The maximum absolute atomic E-state index is 12.9. The van der Waals surface area contributed by atoms with Crippen LogP contribution in [0.25, 0.3) is 22.1 Å². The van der Waals surface area contributed by atoms with Gasteiger partial charge >= 0.3 is 5.63 Å². The van der Waals surface area contributed by atoms with Gasteiger partial charge in [-0.2, -0.15) is 0 Å². The first-order valence-corrected chi connectivity index (χ1v) is 10.3. The highest BCUT2D eigenvalue weighted by molar-refractivity contribution is 6.00. The summed E-state index contributed by atoms with van der Waals surface area (Å²) in [5.74, 6) is 0.619. The van der Waals surface area contributed by atoms with Crippen LogP contribution in [0.3, 0.4) is 0 Å². The lowest BCUT2D eigenvalue weighted by Crippen LogP contribution is -2.27. The molecule has 0 N–H and O–H groups in total. The molecule has 6 nitrogen and oxygen atoms in total. The largest absolute Gasteiger partial charge is 0.423 e. The van der Waals surface area contributed by atoms with Gasteiger partial charge in [0, 0.05) is 49.1 Å². The van der Waals surface area contributed by atoms with Gasteiger partial charge in [0.25, 0.3) is 5.91 Å². The van der Waals surface area contributed by atoms with Gasteiger partial charge in [-0.3, -0.25) is 4.79 Å². The number of aryl methyl sites for hydroxylation is 2. The minimum Gasteiger partial charge on any atom is -0.423 e. The normalized spacial score (nSPS) is 10.5. The summed E-state index contributed by atoms with van der Waals surface area (Å²) in [7, 11) is 3.61. The minimum absolute atomic E-state index is 0.168. The number of nitrogens with zero attached hydrogens (tertiary/aromatic N) is 3. The molecule has 160 valence electrons. The van der Waals surface area contributed by atoms with Gasteiger partial charge in [-0.05, 0) is 36.2 Å². The number of imidazole rings is 1. The predicted octanol–water partition coefficient (Wildman–Crippen LogP) is 4.80. The molecule has 0 atom stereocenters. The second-order valence-corrected chi connectivity index (χ2v) is 7.12. The van der Waals surface area contributed by atoms with Crippen molar-refractivity contribution < 1.29 is 9.21 Å². The molecule has 0 saturated carbocycles. The Hall–Kier alpha value is -3.67. The fraction of sp³-hybridized carbons (Fsp3) is 0.240. The zero-order valence-corrected chi connectivity index (χ0v) is 18.5. The summed E-state index contributed by atoms with van der Waals surface area (Å²) in [6.45, 7) is 6.38. The number of hydrogen-bond acceptors (Lipinski definition) is 4. The molecule has 2 heterocycles. The summed E-state index contributed by atoms with van der Waals surface area (Å²) in [6.07, 6.45) is 3.54. The molecule has 0 aliphatic carbocycles. The molecule has 2 aromatic heterocycles. The summed E-state index contributed by atoms with van der Waals surface area (Å²) in [5.41, 5.74) is 3.24. The molecule has 0 saturated heterocycles. The third-order valence-corrected chi connectivity index (χ3v) is 5.07. The molecule has 0 fully saturated rings. The van der Waals surface area contributed by atoms with E-state index in [1.165, 1.54) is 6.07 Å². The van der Waals surface area contributed by atoms with Crippen LogP contribution < -0.4 is 5.63 Å². The Morgan fingerprint density at radius 1 is 1.10 bits per heavy atom. The van der Waals surface area contributed by atoms with Gasteiger partial charge in [-0.15, -0.1) is 0 Å². The average molecular weight is 418 g/mol. The molecule has 2 aromatic carbocycles. The SMILES string of the molecule is CC.Cc1ccccc1-c1cc(=O)oc2cc(C(=O)N(C)Cc3nccn3C)ccc12. The highest BCUT2D eigenvalue weighted by atomic mass is 16.4. The first kappa shape index (κ1) is 22.0. The van der Waals surface area contributed by atoms with Crippen molar-refractivity contribution >= 4 is 16.9 Å². The summed E-state index contributed by atoms with van der Waals surface area (Å²) in [4.78, 5) is 30.9. The van der Waals surface area contributed by atoms with Gasteiger partial charge in [-0.1, -0.05) is 38.1 Å². The van der Waals surface area contributed by atoms with Gasteiger partial charge in [0.15, 0.2) is 0 Å². The maximum atomic E-state index is 12.9. The third-order valence-electron chi connectivity index (χ3n) is 5.07. The third kappa shape index (κ3) is 4.58. The molecule has 4 rings (SSSR count). The van der Waals surface area contributed by atoms with Crippen LogP contribution in [0.4, 0.5) is 0 Å². The van der Waals surface area contributed by atoms with E-state index in [-0.39, 0.29) is 5.91 Å². The lowest BCUT2D eigenvalue weighted by molar-refractivity contribution is 0.0780. The molecule has 0 unspecified atom stereocenters. The van der Waals surface area contributed by atoms with Crippen LogP contribution in [0, 0.1) is 6.92 Å². The van der Waals surface area contributed by atoms with Crippen LogP contribution in [0.5, 0.6) is 0 Å². The molecule has 31 heavy (non-hydrogen) atoms. The van der Waals surface area contributed by atoms with Crippen LogP contribution in [0.1, 0.15) is 35.6 Å². The lowest BCUT2D eigenvalue weighted by Gasteiger charge is -2.17. The summed E-state index contributed by atoms with van der Waals surface area (Å²) in [5, 5.41) is 0.794. The van der Waals surface area contributed by atoms with Gasteiger partial charge in [0.2, 0.25) is 0 Å². The number of carbonyl (C=O) groups excluding carboxylic acids is 1. The van der Waals surface area contributed by atoms with E-state index in [1.807, 2.05) is 68.9 Å². The molecule has 0 aliphatic rings. The van der Waals surface area contributed by atoms with Crippen LogP contribution >= 0.6 is 0 Å². The smallest absolute Gasteiger partial charge is 0.336 e. The molecule has 4 aromatic rings. The second-order valence-electron chi connectivity index (χ2n) is 7.12. The quantitative estimate of drug-likeness (QED) is 0.447. The van der Waals surface area contributed by atoms with Crippen molar-refractivity contribution in [2.45, 2.75) is 27.3 Å². The van der Waals surface area contributed by atoms with E-state index in [9.17, 15) is 9.59 Å². The Balaban J connectivity index is 0.00000132. The first-order valence-electron chi connectivity index (χ1n) is 10.3. The van der Waals surface area contributed by atoms with E-state index >= 15 is 0 Å². The Labute approximate surface area is 181 Å². The Bertz CT molecular complexity index is 1270. The van der Waals surface area contributed by atoms with Crippen LogP contribution in [-0.4, -0.2) is 27.4 Å². The number of rotatable bonds is 4. The number of fused-ring (bicyclic) bond motifs is 1. The van der Waals surface area contributed by atoms with Crippen molar-refractivity contribution in [1.29, 1.82) is 0 Å². The molecule has 0 bridgehead atoms. The molecule has 1 amide bonds. The van der Waals surface area contributed by atoms with Gasteiger partial charge in [0.1, 0.15) is 11.4 Å². The van der Waals surface area contributed by atoms with Gasteiger partial charge in [-0.25, -0.2) is 9.78 Å². The predicted molar refractivity (Wildman–Crippen MR) is 123 cm³/mol. The molecule has 0 aliphatic heterocycles. The monoisotopic (exact) mass is 417 g/mol. The van der Waals surface area contributed by atoms with E-state index in [2.05, 4.69) is 4.98 Å². The molecule has 0 spiro atoms. The summed E-state index contributed by atoms with van der Waals surface area (Å²) in [6, 6.07) is 14.6. The number of hydrogen-bond donors (Lipinski definition) is 0. The standard InChI is InChI=1S/C23H21N3O3.C2H6/c1-15-6-4-5-7-17(15)19-13-22(27)29-20-12-16(8-9-18(19)20)23(28)26(3)14-21-24-10-11-25(21)2;1-2/h4-13H,14H2,1-3H3;1-2H3. The van der Waals surface area contributed by atoms with Crippen LogP contribution in [-0.2, 0) is 13.6 Å². The van der Waals surface area contributed by atoms with E-state index < -0.39 is 5.63 Å². The lowest BCUT2D eigenvalue weighted by atomic mass is 9.97. The fourth-order valence-corrected chi connectivity index (χ4v) is 3.45. The van der Waals surface area contributed by atoms with Crippen molar-refractivity contribution in [1.82, 2.24) is 14.5 Å². The van der Waals surface area contributed by atoms with Crippen LogP contribution in [0.15, 0.2) is 70.1 Å². The fourth-order valence-electron chi connectivity index (χ4n) is 3.45. The molecule has 0 radical (unpaired) electrons. The number of amides is 1. The Morgan fingerprint density at radius 2 is 1.84 bits per heavy atom. The second kappa shape index (κ2) is 9.43. The number of benzene rings is 2. The zero-order chi connectivity index (χ0) is 22.5. The van der Waals surface area contributed by atoms with E-state index in [0.717, 1.165) is 27.9 Å². The number of carbonyl (C=O) groups is 1. The first-order chi connectivity index (χ1) is 14.9. The number of aromatic nitrogens is 2. The minimum atomic E-state index is -0.443. The van der Waals surface area contributed by atoms with Crippen molar-refractivity contribution in [3.63, 3.8) is 0 Å². The van der Waals surface area contributed by atoms with Crippen LogP contribution in [0.2, 0.25) is 0 Å². The highest BCUT2D eigenvalue weighted by Gasteiger charge is 2.17. The zero-order valence-electron chi connectivity index (χ0n) is 18.5. The maximum Gasteiger partial charge on any atom is 0.336 e. The summed E-state index contributed by atoms with van der Waals surface area (Å²) >= 11 is 0. The van der Waals surface area contributed by atoms with Gasteiger partial charge in [0.05, 0.1) is 6.54 Å². The van der Waals surface area contributed by atoms with E-state index in [1.54, 1.807) is 30.3 Å². The molecular formula is C25H27N3O3. The van der Waals surface area contributed by atoms with Crippen molar-refractivity contribution in [2.24, 2.45) is 7.05 Å². The van der Waals surface area contributed by atoms with Crippen molar-refractivity contribution in [3.8, 4) is 11.1 Å². The molecule has 6 heteroatoms. The van der Waals surface area contributed by atoms with Crippen molar-refractivity contribution in [3.05, 3.63) is 88.3 Å². The van der Waals surface area contributed by atoms with Crippen molar-refractivity contribution in [2.75, 3.05) is 7.05 Å². The summed E-state index contributed by atoms with van der Waals surface area (Å²) < 4.78 is 7.29.